The van der Waals surface area contributed by atoms with Gasteiger partial charge in [0.1, 0.15) is 16.5 Å². The van der Waals surface area contributed by atoms with Crippen molar-refractivity contribution < 1.29 is 32.1 Å². The van der Waals surface area contributed by atoms with Gasteiger partial charge in [-0.15, -0.1) is 0 Å². The molecule has 0 saturated heterocycles. The molecular formula is C17H18FNO6S. The number of hydrogen-bond donors (Lipinski definition) is 2. The Morgan fingerprint density at radius 3 is 2.77 bits per heavy atom. The predicted octanol–water partition coefficient (Wildman–Crippen LogP) is 1.96. The first-order valence-corrected chi connectivity index (χ1v) is 9.30. The molecule has 26 heavy (non-hydrogen) atoms. The summed E-state index contributed by atoms with van der Waals surface area (Å²) in [5.74, 6) is 0.480. The van der Waals surface area contributed by atoms with Gasteiger partial charge in [0.25, 0.3) is 0 Å². The third-order valence-corrected chi connectivity index (χ3v) is 5.39. The summed E-state index contributed by atoms with van der Waals surface area (Å²) >= 11 is 0. The van der Waals surface area contributed by atoms with Crippen LogP contribution in [0.4, 0.5) is 4.39 Å². The molecule has 0 radical (unpaired) electrons. The van der Waals surface area contributed by atoms with E-state index in [1.807, 2.05) is 0 Å². The van der Waals surface area contributed by atoms with Gasteiger partial charge < -0.3 is 19.3 Å². The molecule has 1 heterocycles. The number of hydrogen-bond acceptors (Lipinski definition) is 6. The van der Waals surface area contributed by atoms with Gasteiger partial charge in [0.05, 0.1) is 13.2 Å². The SMILES string of the molecule is COc1ccc(F)cc1S(=O)(=O)NCC[C@H](O)c1ccc2c(c1)OCO2. The topological polar surface area (TPSA) is 94.1 Å². The number of methoxy groups -OCH3 is 1. The minimum absolute atomic E-state index is 0.0372. The Balaban J connectivity index is 1.64. The summed E-state index contributed by atoms with van der Waals surface area (Å²) in [6.45, 7) is 0.0851. The van der Waals surface area contributed by atoms with E-state index in [0.717, 1.165) is 12.1 Å². The molecule has 9 heteroatoms. The Morgan fingerprint density at radius 1 is 1.23 bits per heavy atom. The van der Waals surface area contributed by atoms with Crippen LogP contribution in [-0.2, 0) is 10.0 Å². The molecule has 1 aliphatic heterocycles. The number of fused-ring (bicyclic) bond motifs is 1. The van der Waals surface area contributed by atoms with Crippen LogP contribution in [0.25, 0.3) is 0 Å². The van der Waals surface area contributed by atoms with E-state index in [0.29, 0.717) is 17.1 Å². The molecule has 0 unspecified atom stereocenters. The fourth-order valence-corrected chi connectivity index (χ4v) is 3.78. The molecule has 140 valence electrons. The first kappa shape index (κ1) is 18.4. The number of aliphatic hydroxyl groups excluding tert-OH is 1. The van der Waals surface area contributed by atoms with E-state index < -0.39 is 21.9 Å². The van der Waals surface area contributed by atoms with Gasteiger partial charge in [0, 0.05) is 6.54 Å². The lowest BCUT2D eigenvalue weighted by Crippen LogP contribution is -2.26. The zero-order valence-electron chi connectivity index (χ0n) is 13.9. The Hall–Kier alpha value is -2.36. The molecule has 0 aromatic heterocycles. The number of nitrogens with one attached hydrogen (secondary N) is 1. The smallest absolute Gasteiger partial charge is 0.244 e. The second-order valence-corrected chi connectivity index (χ2v) is 7.35. The normalized spacial score (nSPS) is 14.3. The molecule has 0 amide bonds. The summed E-state index contributed by atoms with van der Waals surface area (Å²) in [6.07, 6.45) is -0.780. The van der Waals surface area contributed by atoms with Crippen molar-refractivity contribution in [2.75, 3.05) is 20.4 Å². The molecule has 0 aliphatic carbocycles. The van der Waals surface area contributed by atoms with E-state index >= 15 is 0 Å². The van der Waals surface area contributed by atoms with E-state index in [1.54, 1.807) is 18.2 Å². The van der Waals surface area contributed by atoms with Gasteiger partial charge in [-0.2, -0.15) is 0 Å². The number of aliphatic hydroxyl groups is 1. The van der Waals surface area contributed by atoms with Gasteiger partial charge in [0.15, 0.2) is 11.5 Å². The summed E-state index contributed by atoms with van der Waals surface area (Å²) in [6, 6.07) is 8.25. The van der Waals surface area contributed by atoms with Gasteiger partial charge in [-0.25, -0.2) is 17.5 Å². The van der Waals surface area contributed by atoms with Gasteiger partial charge >= 0.3 is 0 Å². The number of rotatable bonds is 7. The maximum absolute atomic E-state index is 13.4. The fraction of sp³-hybridized carbons (Fsp3) is 0.294. The second kappa shape index (κ2) is 7.48. The standard InChI is InChI=1S/C17H18FNO6S/c1-23-15-5-3-12(18)9-17(15)26(21,22)19-7-6-13(20)11-2-4-14-16(8-11)25-10-24-14/h2-5,8-9,13,19-20H,6-7,10H2,1H3/t13-/m0/s1. The lowest BCUT2D eigenvalue weighted by Gasteiger charge is -2.14. The van der Waals surface area contributed by atoms with Crippen LogP contribution in [0.5, 0.6) is 17.2 Å². The van der Waals surface area contributed by atoms with Crippen molar-refractivity contribution in [1.29, 1.82) is 0 Å². The summed E-state index contributed by atoms with van der Waals surface area (Å²) in [5.41, 5.74) is 0.580. The van der Waals surface area contributed by atoms with Crippen molar-refractivity contribution in [2.24, 2.45) is 0 Å². The quantitative estimate of drug-likeness (QED) is 0.759. The number of benzene rings is 2. The Labute approximate surface area is 150 Å². The summed E-state index contributed by atoms with van der Waals surface area (Å²) in [5, 5.41) is 10.2. The minimum Gasteiger partial charge on any atom is -0.495 e. The molecule has 1 aliphatic rings. The fourth-order valence-electron chi connectivity index (χ4n) is 2.56. The van der Waals surface area contributed by atoms with Crippen LogP contribution in [0.1, 0.15) is 18.1 Å². The molecule has 0 spiro atoms. The van der Waals surface area contributed by atoms with Crippen molar-refractivity contribution in [2.45, 2.75) is 17.4 Å². The molecule has 3 rings (SSSR count). The van der Waals surface area contributed by atoms with E-state index in [1.165, 1.54) is 13.2 Å². The molecule has 1 atom stereocenters. The molecule has 2 aromatic carbocycles. The van der Waals surface area contributed by atoms with Gasteiger partial charge in [0.2, 0.25) is 16.8 Å². The van der Waals surface area contributed by atoms with E-state index in [-0.39, 0.29) is 30.4 Å². The second-order valence-electron chi connectivity index (χ2n) is 5.61. The van der Waals surface area contributed by atoms with Crippen molar-refractivity contribution in [3.63, 3.8) is 0 Å². The molecule has 7 nitrogen and oxygen atoms in total. The maximum Gasteiger partial charge on any atom is 0.244 e. The third kappa shape index (κ3) is 3.90. The molecule has 2 aromatic rings. The third-order valence-electron chi connectivity index (χ3n) is 3.91. The van der Waals surface area contributed by atoms with Crippen LogP contribution in [0, 0.1) is 5.82 Å². The van der Waals surface area contributed by atoms with Crippen molar-refractivity contribution in [1.82, 2.24) is 4.72 Å². The maximum atomic E-state index is 13.4. The highest BCUT2D eigenvalue weighted by Crippen LogP contribution is 2.34. The van der Waals surface area contributed by atoms with Crippen LogP contribution in [-0.4, -0.2) is 34.0 Å². The summed E-state index contributed by atoms with van der Waals surface area (Å²) in [4.78, 5) is -0.294. The first-order valence-electron chi connectivity index (χ1n) is 7.81. The molecule has 0 bridgehead atoms. The molecular weight excluding hydrogens is 365 g/mol. The Morgan fingerprint density at radius 2 is 2.00 bits per heavy atom. The molecule has 0 saturated carbocycles. The average Bonchev–Trinajstić information content (AvgIpc) is 3.09. The highest BCUT2D eigenvalue weighted by Gasteiger charge is 2.21. The minimum atomic E-state index is -3.98. The predicted molar refractivity (Wildman–Crippen MR) is 90.3 cm³/mol. The van der Waals surface area contributed by atoms with Gasteiger partial charge in [-0.05, 0) is 42.3 Å². The summed E-state index contributed by atoms with van der Waals surface area (Å²) < 4.78 is 55.9. The van der Waals surface area contributed by atoms with Crippen LogP contribution < -0.4 is 18.9 Å². The van der Waals surface area contributed by atoms with Gasteiger partial charge in [-0.3, -0.25) is 0 Å². The highest BCUT2D eigenvalue weighted by molar-refractivity contribution is 7.89. The van der Waals surface area contributed by atoms with Crippen LogP contribution in [0.15, 0.2) is 41.3 Å². The zero-order chi connectivity index (χ0) is 18.7. The van der Waals surface area contributed by atoms with E-state index in [2.05, 4.69) is 4.72 Å². The van der Waals surface area contributed by atoms with E-state index in [4.69, 9.17) is 14.2 Å². The van der Waals surface area contributed by atoms with Crippen molar-refractivity contribution in [3.05, 3.63) is 47.8 Å². The lowest BCUT2D eigenvalue weighted by atomic mass is 10.1. The average molecular weight is 383 g/mol. The monoisotopic (exact) mass is 383 g/mol. The van der Waals surface area contributed by atoms with Gasteiger partial charge in [-0.1, -0.05) is 6.07 Å². The molecule has 2 N–H and O–H groups in total. The summed E-state index contributed by atoms with van der Waals surface area (Å²) in [7, 11) is -2.68. The first-order chi connectivity index (χ1) is 12.4. The zero-order valence-corrected chi connectivity index (χ0v) is 14.8. The van der Waals surface area contributed by atoms with Crippen molar-refractivity contribution in [3.8, 4) is 17.2 Å². The Kier molecular flexibility index (Phi) is 5.30. The number of sulfonamides is 1. The number of ether oxygens (including phenoxy) is 3. The highest BCUT2D eigenvalue weighted by atomic mass is 32.2. The largest absolute Gasteiger partial charge is 0.495 e. The van der Waals surface area contributed by atoms with Crippen molar-refractivity contribution >= 4 is 10.0 Å². The van der Waals surface area contributed by atoms with Crippen LogP contribution >= 0.6 is 0 Å². The lowest BCUT2D eigenvalue weighted by molar-refractivity contribution is 0.166. The number of halogens is 1. The van der Waals surface area contributed by atoms with Crippen LogP contribution in [0.2, 0.25) is 0 Å². The Bertz CT molecular complexity index is 902. The molecule has 0 fully saturated rings. The van der Waals surface area contributed by atoms with Crippen LogP contribution in [0.3, 0.4) is 0 Å². The van der Waals surface area contributed by atoms with E-state index in [9.17, 15) is 17.9 Å².